The molecule has 0 spiro atoms. The zero-order valence-electron chi connectivity index (χ0n) is 16.1. The second-order valence-electron chi connectivity index (χ2n) is 6.55. The molecule has 0 saturated carbocycles. The largest absolute Gasteiger partial charge is 0.492 e. The molecule has 0 bridgehead atoms. The third-order valence-electron chi connectivity index (χ3n) is 4.83. The average molecular weight is 374 g/mol. The second kappa shape index (κ2) is 7.23. The molecule has 3 aromatic rings. The van der Waals surface area contributed by atoms with Crippen molar-refractivity contribution in [3.8, 4) is 5.75 Å². The van der Waals surface area contributed by atoms with Gasteiger partial charge in [0.05, 0.1) is 41.1 Å². The van der Waals surface area contributed by atoms with E-state index in [0.29, 0.717) is 18.0 Å². The van der Waals surface area contributed by atoms with Crippen molar-refractivity contribution in [2.45, 2.75) is 6.92 Å². The molecule has 4 rings (SSSR count). The lowest BCUT2D eigenvalue weighted by atomic mass is 10.1. The fraction of sp³-hybridized carbons (Fsp3) is 0.182. The number of ether oxygens (including phenoxy) is 1. The summed E-state index contributed by atoms with van der Waals surface area (Å²) in [5.41, 5.74) is 4.03. The van der Waals surface area contributed by atoms with Crippen molar-refractivity contribution in [3.63, 3.8) is 0 Å². The van der Waals surface area contributed by atoms with Crippen molar-refractivity contribution in [2.75, 3.05) is 35.8 Å². The molecule has 6 nitrogen and oxygen atoms in total. The highest BCUT2D eigenvalue weighted by atomic mass is 16.5. The van der Waals surface area contributed by atoms with Gasteiger partial charge in [0.2, 0.25) is 0 Å². The lowest BCUT2D eigenvalue weighted by Gasteiger charge is -2.23. The molecule has 1 aliphatic heterocycles. The first-order valence-corrected chi connectivity index (χ1v) is 9.20. The number of para-hydroxylation sites is 3. The molecule has 6 heteroatoms. The first-order chi connectivity index (χ1) is 13.6. The van der Waals surface area contributed by atoms with E-state index in [4.69, 9.17) is 4.74 Å². The van der Waals surface area contributed by atoms with Crippen LogP contribution in [0.25, 0.3) is 0 Å². The predicted octanol–water partition coefficient (Wildman–Crippen LogP) is 4.58. The van der Waals surface area contributed by atoms with E-state index in [-0.39, 0.29) is 5.91 Å². The van der Waals surface area contributed by atoms with Gasteiger partial charge in [-0.25, -0.2) is 4.98 Å². The molecule has 0 radical (unpaired) electrons. The topological polar surface area (TPSA) is 57.7 Å². The van der Waals surface area contributed by atoms with Crippen LogP contribution in [-0.2, 0) is 0 Å². The zero-order valence-corrected chi connectivity index (χ0v) is 16.1. The van der Waals surface area contributed by atoms with Crippen molar-refractivity contribution < 1.29 is 9.53 Å². The molecule has 1 N–H and O–H groups in total. The van der Waals surface area contributed by atoms with Gasteiger partial charge in [0, 0.05) is 20.2 Å². The van der Waals surface area contributed by atoms with E-state index in [1.165, 1.54) is 0 Å². The highest BCUT2D eigenvalue weighted by molar-refractivity contribution is 6.13. The highest BCUT2D eigenvalue weighted by Gasteiger charge is 2.27. The number of pyridine rings is 1. The maximum Gasteiger partial charge on any atom is 0.260 e. The third-order valence-corrected chi connectivity index (χ3v) is 4.83. The van der Waals surface area contributed by atoms with Crippen LogP contribution < -0.4 is 19.9 Å². The van der Waals surface area contributed by atoms with Gasteiger partial charge in [0.1, 0.15) is 11.6 Å². The van der Waals surface area contributed by atoms with Gasteiger partial charge in [-0.1, -0.05) is 24.3 Å². The summed E-state index contributed by atoms with van der Waals surface area (Å²) < 4.78 is 5.69. The van der Waals surface area contributed by atoms with Crippen molar-refractivity contribution in [1.29, 1.82) is 0 Å². The fourth-order valence-electron chi connectivity index (χ4n) is 3.39. The minimum atomic E-state index is -0.0506. The van der Waals surface area contributed by atoms with E-state index in [1.54, 1.807) is 18.1 Å². The number of anilines is 5. The minimum absolute atomic E-state index is 0.0506. The van der Waals surface area contributed by atoms with Gasteiger partial charge >= 0.3 is 0 Å². The lowest BCUT2D eigenvalue weighted by molar-refractivity contribution is 0.0994. The zero-order chi connectivity index (χ0) is 19.7. The van der Waals surface area contributed by atoms with Gasteiger partial charge in [0.15, 0.2) is 0 Å². The Hall–Kier alpha value is -3.54. The van der Waals surface area contributed by atoms with Crippen LogP contribution in [-0.4, -0.2) is 31.6 Å². The van der Waals surface area contributed by atoms with Crippen LogP contribution in [0.3, 0.4) is 0 Å². The summed E-state index contributed by atoms with van der Waals surface area (Å²) in [6, 6.07) is 17.3. The Morgan fingerprint density at radius 1 is 0.964 bits per heavy atom. The molecule has 0 atom stereocenters. The van der Waals surface area contributed by atoms with E-state index in [1.807, 2.05) is 73.5 Å². The number of fused-ring (bicyclic) bond motifs is 2. The van der Waals surface area contributed by atoms with Gasteiger partial charge in [0.25, 0.3) is 5.91 Å². The maximum absolute atomic E-state index is 12.9. The molecular formula is C22H22N4O2. The summed E-state index contributed by atoms with van der Waals surface area (Å²) in [4.78, 5) is 21.1. The number of nitrogens with zero attached hydrogens (tertiary/aromatic N) is 3. The number of carbonyl (C=O) groups is 1. The minimum Gasteiger partial charge on any atom is -0.492 e. The Morgan fingerprint density at radius 2 is 1.71 bits per heavy atom. The Morgan fingerprint density at radius 3 is 2.54 bits per heavy atom. The molecule has 1 aromatic heterocycles. The van der Waals surface area contributed by atoms with Crippen molar-refractivity contribution in [1.82, 2.24) is 4.98 Å². The van der Waals surface area contributed by atoms with Crippen molar-refractivity contribution in [3.05, 3.63) is 66.4 Å². The maximum atomic E-state index is 12.9. The summed E-state index contributed by atoms with van der Waals surface area (Å²) in [5.74, 6) is 1.40. The second-order valence-corrected chi connectivity index (χ2v) is 6.55. The third kappa shape index (κ3) is 3.03. The average Bonchev–Trinajstić information content (AvgIpc) is 2.80. The first-order valence-electron chi connectivity index (χ1n) is 9.20. The Kier molecular flexibility index (Phi) is 4.61. The smallest absolute Gasteiger partial charge is 0.260 e. The van der Waals surface area contributed by atoms with Crippen LogP contribution in [0, 0.1) is 0 Å². The normalized spacial score (nSPS) is 12.9. The SMILES string of the molecule is CCOc1ccccc1Nc1cc2c(cn1)N(C)C(=O)c1ccccc1N2C. The highest BCUT2D eigenvalue weighted by Crippen LogP contribution is 2.40. The molecule has 28 heavy (non-hydrogen) atoms. The Balaban J connectivity index is 1.76. The summed E-state index contributed by atoms with van der Waals surface area (Å²) >= 11 is 0. The Bertz CT molecular complexity index is 1030. The van der Waals surface area contributed by atoms with Crippen molar-refractivity contribution in [2.24, 2.45) is 0 Å². The quantitative estimate of drug-likeness (QED) is 0.724. The number of amides is 1. The summed E-state index contributed by atoms with van der Waals surface area (Å²) in [5, 5.41) is 3.33. The number of aromatic nitrogens is 1. The molecule has 0 saturated heterocycles. The van der Waals surface area contributed by atoms with Gasteiger partial charge in [-0.2, -0.15) is 0 Å². The van der Waals surface area contributed by atoms with Crippen LogP contribution in [0.4, 0.5) is 28.6 Å². The van der Waals surface area contributed by atoms with Crippen LogP contribution in [0.15, 0.2) is 60.8 Å². The molecule has 2 heterocycles. The molecular weight excluding hydrogens is 352 g/mol. The molecule has 0 aliphatic carbocycles. The standard InChI is InChI=1S/C22H22N4O2/c1-4-28-20-12-8-6-10-16(20)24-21-13-18-19(14-23-21)26(3)22(27)15-9-5-7-11-17(15)25(18)2/h5-14H,4H2,1-3H3,(H,23,24). The first kappa shape index (κ1) is 17.9. The number of hydrogen-bond donors (Lipinski definition) is 1. The van der Waals surface area contributed by atoms with E-state index < -0.39 is 0 Å². The molecule has 1 aliphatic rings. The van der Waals surface area contributed by atoms with Crippen LogP contribution in [0.5, 0.6) is 5.75 Å². The summed E-state index contributed by atoms with van der Waals surface area (Å²) in [6.07, 6.45) is 1.72. The van der Waals surface area contributed by atoms with Crippen LogP contribution in [0.1, 0.15) is 17.3 Å². The van der Waals surface area contributed by atoms with E-state index in [2.05, 4.69) is 10.3 Å². The molecule has 0 unspecified atom stereocenters. The van der Waals surface area contributed by atoms with Gasteiger partial charge in [-0.3, -0.25) is 4.79 Å². The molecule has 0 fully saturated rings. The van der Waals surface area contributed by atoms with Gasteiger partial charge < -0.3 is 19.9 Å². The fourth-order valence-corrected chi connectivity index (χ4v) is 3.39. The number of carbonyl (C=O) groups excluding carboxylic acids is 1. The predicted molar refractivity (Wildman–Crippen MR) is 112 cm³/mol. The Labute approximate surface area is 164 Å². The summed E-state index contributed by atoms with van der Waals surface area (Å²) in [6.45, 7) is 2.54. The number of nitrogens with one attached hydrogen (secondary N) is 1. The lowest BCUT2D eigenvalue weighted by Crippen LogP contribution is -2.25. The molecule has 2 aromatic carbocycles. The van der Waals surface area contributed by atoms with Crippen LogP contribution >= 0.6 is 0 Å². The number of benzene rings is 2. The number of rotatable bonds is 4. The monoisotopic (exact) mass is 374 g/mol. The molecule has 142 valence electrons. The van der Waals surface area contributed by atoms with Gasteiger partial charge in [-0.05, 0) is 31.2 Å². The van der Waals surface area contributed by atoms with Crippen molar-refractivity contribution >= 4 is 34.5 Å². The van der Waals surface area contributed by atoms with E-state index in [0.717, 1.165) is 28.5 Å². The summed E-state index contributed by atoms with van der Waals surface area (Å²) in [7, 11) is 3.73. The number of hydrogen-bond acceptors (Lipinski definition) is 5. The van der Waals surface area contributed by atoms with E-state index in [9.17, 15) is 4.79 Å². The molecule has 1 amide bonds. The van der Waals surface area contributed by atoms with Crippen LogP contribution in [0.2, 0.25) is 0 Å². The van der Waals surface area contributed by atoms with Gasteiger partial charge in [-0.15, -0.1) is 0 Å². The van der Waals surface area contributed by atoms with E-state index >= 15 is 0 Å².